The lowest BCUT2D eigenvalue weighted by molar-refractivity contribution is 0.293. The number of ether oxygens (including phenoxy) is 2. The minimum absolute atomic E-state index is 0.513. The average Bonchev–Trinajstić information content (AvgIpc) is 2.46. The number of aryl methyl sites for hydroxylation is 2. The molecule has 2 rings (SSSR count). The Hall–Kier alpha value is -1.48. The molecule has 0 aliphatic heterocycles. The lowest BCUT2D eigenvalue weighted by atomic mass is 10.1. The minimum atomic E-state index is 0.513. The summed E-state index contributed by atoms with van der Waals surface area (Å²) in [6.45, 7) is 4.67. The first-order valence-corrected chi connectivity index (χ1v) is 7.68. The summed E-state index contributed by atoms with van der Waals surface area (Å²) in [7, 11) is 1.68. The van der Waals surface area contributed by atoms with Crippen LogP contribution >= 0.6 is 15.9 Å². The van der Waals surface area contributed by atoms with E-state index in [1.807, 2.05) is 24.3 Å². The summed E-state index contributed by atoms with van der Waals surface area (Å²) in [6, 6.07) is 12.2. The molecule has 0 unspecified atom stereocenters. The second kappa shape index (κ2) is 6.80. The Bertz CT molecular complexity index is 570. The summed E-state index contributed by atoms with van der Waals surface area (Å²) in [5, 5.41) is 0.863. The van der Waals surface area contributed by atoms with Gasteiger partial charge in [-0.25, -0.2) is 0 Å². The summed E-state index contributed by atoms with van der Waals surface area (Å²) in [4.78, 5) is 0. The molecule has 0 saturated carbocycles. The van der Waals surface area contributed by atoms with E-state index in [0.717, 1.165) is 33.5 Å². The third-order valence-electron chi connectivity index (χ3n) is 3.24. The molecule has 0 aliphatic rings. The molecule has 20 heavy (non-hydrogen) atoms. The first-order chi connectivity index (χ1) is 9.65. The quantitative estimate of drug-likeness (QED) is 0.732. The molecule has 0 aliphatic carbocycles. The molecule has 0 aromatic heterocycles. The Morgan fingerprint density at radius 1 is 1.05 bits per heavy atom. The molecule has 0 radical (unpaired) electrons. The molecule has 0 spiro atoms. The van der Waals surface area contributed by atoms with Gasteiger partial charge in [-0.1, -0.05) is 46.3 Å². The van der Waals surface area contributed by atoms with Gasteiger partial charge >= 0.3 is 0 Å². The molecule has 0 amide bonds. The summed E-state index contributed by atoms with van der Waals surface area (Å²) in [5.74, 6) is 1.82. The molecule has 0 atom stereocenters. The Morgan fingerprint density at radius 3 is 2.30 bits per heavy atom. The second-order valence-corrected chi connectivity index (χ2v) is 5.35. The van der Waals surface area contributed by atoms with Crippen molar-refractivity contribution in [1.82, 2.24) is 0 Å². The van der Waals surface area contributed by atoms with E-state index in [4.69, 9.17) is 9.47 Å². The van der Waals surface area contributed by atoms with Crippen LogP contribution in [0.3, 0.4) is 0 Å². The monoisotopic (exact) mass is 334 g/mol. The van der Waals surface area contributed by atoms with E-state index in [2.05, 4.69) is 41.9 Å². The van der Waals surface area contributed by atoms with E-state index in [1.165, 1.54) is 5.56 Å². The maximum Gasteiger partial charge on any atom is 0.125 e. The first kappa shape index (κ1) is 14.9. The molecular weight excluding hydrogens is 316 g/mol. The van der Waals surface area contributed by atoms with Crippen LogP contribution in [0.2, 0.25) is 0 Å². The smallest absolute Gasteiger partial charge is 0.125 e. The Labute approximate surface area is 128 Å². The topological polar surface area (TPSA) is 18.5 Å². The van der Waals surface area contributed by atoms with E-state index in [9.17, 15) is 0 Å². The van der Waals surface area contributed by atoms with Gasteiger partial charge in [-0.05, 0) is 36.6 Å². The van der Waals surface area contributed by atoms with E-state index in [1.54, 1.807) is 7.11 Å². The van der Waals surface area contributed by atoms with E-state index >= 15 is 0 Å². The molecule has 0 saturated heterocycles. The third-order valence-corrected chi connectivity index (χ3v) is 3.89. The van der Waals surface area contributed by atoms with Crippen molar-refractivity contribution in [1.29, 1.82) is 0 Å². The number of methoxy groups -OCH3 is 1. The Morgan fingerprint density at radius 2 is 1.70 bits per heavy atom. The van der Waals surface area contributed by atoms with Crippen molar-refractivity contribution in [2.45, 2.75) is 25.8 Å². The van der Waals surface area contributed by atoms with Crippen LogP contribution in [0.1, 0.15) is 22.3 Å². The maximum atomic E-state index is 6.00. The van der Waals surface area contributed by atoms with Crippen LogP contribution in [0.15, 0.2) is 36.4 Å². The van der Waals surface area contributed by atoms with Crippen molar-refractivity contribution in [3.8, 4) is 11.5 Å². The summed E-state index contributed by atoms with van der Waals surface area (Å²) in [6.07, 6.45) is 0. The second-order valence-electron chi connectivity index (χ2n) is 4.79. The van der Waals surface area contributed by atoms with E-state index in [-0.39, 0.29) is 0 Å². The van der Waals surface area contributed by atoms with Crippen molar-refractivity contribution < 1.29 is 9.47 Å². The van der Waals surface area contributed by atoms with E-state index < -0.39 is 0 Å². The lowest BCUT2D eigenvalue weighted by Crippen LogP contribution is -2.01. The standard InChI is InChI=1S/C17H19BrO2/c1-12-8-14(10-18)9-13(2)17(12)20-11-15-6-4-5-7-16(15)19-3/h4-9H,10-11H2,1-3H3. The fraction of sp³-hybridized carbons (Fsp3) is 0.294. The van der Waals surface area contributed by atoms with Gasteiger partial charge in [0.2, 0.25) is 0 Å². The third kappa shape index (κ3) is 3.34. The van der Waals surface area contributed by atoms with Gasteiger partial charge in [0, 0.05) is 10.9 Å². The summed E-state index contributed by atoms with van der Waals surface area (Å²) in [5.41, 5.74) is 4.65. The number of hydrogen-bond acceptors (Lipinski definition) is 2. The van der Waals surface area contributed by atoms with Crippen molar-refractivity contribution in [3.63, 3.8) is 0 Å². The molecule has 3 heteroatoms. The van der Waals surface area contributed by atoms with E-state index in [0.29, 0.717) is 6.61 Å². The van der Waals surface area contributed by atoms with Crippen LogP contribution in [0, 0.1) is 13.8 Å². The molecule has 106 valence electrons. The Balaban J connectivity index is 2.19. The highest BCUT2D eigenvalue weighted by atomic mass is 79.9. The molecular formula is C17H19BrO2. The molecule has 0 bridgehead atoms. The predicted octanol–water partition coefficient (Wildman–Crippen LogP) is 4.79. The van der Waals surface area contributed by atoms with Crippen LogP contribution in [0.25, 0.3) is 0 Å². The molecule has 2 aromatic carbocycles. The fourth-order valence-electron chi connectivity index (χ4n) is 2.32. The summed E-state index contributed by atoms with van der Waals surface area (Å²) >= 11 is 3.49. The van der Waals surface area contributed by atoms with Gasteiger partial charge in [0.15, 0.2) is 0 Å². The molecule has 0 fully saturated rings. The molecule has 0 heterocycles. The van der Waals surface area contributed by atoms with Crippen molar-refractivity contribution in [2.75, 3.05) is 7.11 Å². The van der Waals surface area contributed by atoms with Gasteiger partial charge in [-0.15, -0.1) is 0 Å². The number of rotatable bonds is 5. The number of benzene rings is 2. The zero-order valence-electron chi connectivity index (χ0n) is 12.1. The van der Waals surface area contributed by atoms with Gasteiger partial charge in [-0.2, -0.15) is 0 Å². The molecule has 2 nitrogen and oxygen atoms in total. The van der Waals surface area contributed by atoms with Gasteiger partial charge in [-0.3, -0.25) is 0 Å². The van der Waals surface area contributed by atoms with Crippen LogP contribution in [-0.4, -0.2) is 7.11 Å². The minimum Gasteiger partial charge on any atom is -0.496 e. The van der Waals surface area contributed by atoms with Gasteiger partial charge in [0.1, 0.15) is 18.1 Å². The zero-order valence-corrected chi connectivity index (χ0v) is 13.7. The number of hydrogen-bond donors (Lipinski definition) is 0. The SMILES string of the molecule is COc1ccccc1COc1c(C)cc(CBr)cc1C. The fourth-order valence-corrected chi connectivity index (χ4v) is 2.64. The van der Waals surface area contributed by atoms with Gasteiger partial charge < -0.3 is 9.47 Å². The number of para-hydroxylation sites is 1. The predicted molar refractivity (Wildman–Crippen MR) is 85.9 cm³/mol. The average molecular weight is 335 g/mol. The zero-order chi connectivity index (χ0) is 14.5. The highest BCUT2D eigenvalue weighted by Gasteiger charge is 2.08. The van der Waals surface area contributed by atoms with Crippen LogP contribution in [0.4, 0.5) is 0 Å². The van der Waals surface area contributed by atoms with Gasteiger partial charge in [0.05, 0.1) is 7.11 Å². The van der Waals surface area contributed by atoms with Crippen molar-refractivity contribution >= 4 is 15.9 Å². The van der Waals surface area contributed by atoms with Crippen molar-refractivity contribution in [3.05, 3.63) is 58.7 Å². The Kier molecular flexibility index (Phi) is 5.07. The van der Waals surface area contributed by atoms with Crippen molar-refractivity contribution in [2.24, 2.45) is 0 Å². The van der Waals surface area contributed by atoms with Crippen LogP contribution in [0.5, 0.6) is 11.5 Å². The summed E-state index contributed by atoms with van der Waals surface area (Å²) < 4.78 is 11.3. The lowest BCUT2D eigenvalue weighted by Gasteiger charge is -2.15. The molecule has 0 N–H and O–H groups in total. The highest BCUT2D eigenvalue weighted by molar-refractivity contribution is 9.08. The number of alkyl halides is 1. The normalized spacial score (nSPS) is 10.4. The maximum absolute atomic E-state index is 6.00. The first-order valence-electron chi connectivity index (χ1n) is 6.56. The van der Waals surface area contributed by atoms with Crippen LogP contribution in [-0.2, 0) is 11.9 Å². The van der Waals surface area contributed by atoms with Crippen LogP contribution < -0.4 is 9.47 Å². The highest BCUT2D eigenvalue weighted by Crippen LogP contribution is 2.28. The van der Waals surface area contributed by atoms with Gasteiger partial charge in [0.25, 0.3) is 0 Å². The number of halogens is 1. The largest absolute Gasteiger partial charge is 0.496 e. The molecule has 2 aromatic rings.